The number of amides is 2. The Kier molecular flexibility index (Phi) is 7.13. The molecule has 3 heterocycles. The highest BCUT2D eigenvalue weighted by molar-refractivity contribution is 7.13. The summed E-state index contributed by atoms with van der Waals surface area (Å²) in [7, 11) is 0. The lowest BCUT2D eigenvalue weighted by molar-refractivity contribution is -0.121. The van der Waals surface area contributed by atoms with Crippen LogP contribution in [0.15, 0.2) is 52.6 Å². The van der Waals surface area contributed by atoms with Crippen LogP contribution in [-0.4, -0.2) is 51.2 Å². The van der Waals surface area contributed by atoms with Gasteiger partial charge in [-0.2, -0.15) is 5.10 Å². The van der Waals surface area contributed by atoms with Crippen LogP contribution in [0.2, 0.25) is 0 Å². The number of nitrogens with zero attached hydrogens (tertiary/aromatic N) is 4. The number of aryl methyl sites for hydroxylation is 1. The molecule has 0 atom stereocenters. The standard InChI is InChI=1S/C23H25N5O4S/c1-16-15-33-23(24-16)25-21(30)17-9-11-27(12-10-17)22(31)19-7-8-20(29)28(26-19)13-14-32-18-5-3-2-4-6-18/h2-8,15,17H,9-14H2,1H3,(H,24,25,30). The van der Waals surface area contributed by atoms with Crippen molar-refractivity contribution < 1.29 is 14.3 Å². The molecule has 172 valence electrons. The van der Waals surface area contributed by atoms with E-state index in [4.69, 9.17) is 4.74 Å². The maximum Gasteiger partial charge on any atom is 0.274 e. The molecule has 1 aromatic carbocycles. The van der Waals surface area contributed by atoms with Crippen LogP contribution in [0.3, 0.4) is 0 Å². The van der Waals surface area contributed by atoms with Gasteiger partial charge in [-0.1, -0.05) is 18.2 Å². The Hall–Kier alpha value is -3.53. The third-order valence-corrected chi connectivity index (χ3v) is 6.28. The van der Waals surface area contributed by atoms with Gasteiger partial charge in [0.15, 0.2) is 5.13 Å². The summed E-state index contributed by atoms with van der Waals surface area (Å²) < 4.78 is 6.87. The number of piperidine rings is 1. The molecular weight excluding hydrogens is 442 g/mol. The first kappa shape index (κ1) is 22.7. The molecule has 9 nitrogen and oxygen atoms in total. The maximum atomic E-state index is 12.9. The number of carbonyl (C=O) groups is 2. The quantitative estimate of drug-likeness (QED) is 0.572. The van der Waals surface area contributed by atoms with Crippen molar-refractivity contribution in [1.82, 2.24) is 19.7 Å². The van der Waals surface area contributed by atoms with Gasteiger partial charge in [0, 0.05) is 30.5 Å². The number of ether oxygens (including phenoxy) is 1. The highest BCUT2D eigenvalue weighted by Crippen LogP contribution is 2.22. The lowest BCUT2D eigenvalue weighted by Gasteiger charge is -2.31. The van der Waals surface area contributed by atoms with E-state index in [0.717, 1.165) is 5.69 Å². The number of rotatable bonds is 7. The van der Waals surface area contributed by atoms with Crippen molar-refractivity contribution in [2.75, 3.05) is 25.0 Å². The molecule has 0 unspecified atom stereocenters. The van der Waals surface area contributed by atoms with E-state index >= 15 is 0 Å². The summed E-state index contributed by atoms with van der Waals surface area (Å²) in [6.45, 7) is 3.27. The van der Waals surface area contributed by atoms with Crippen molar-refractivity contribution in [2.24, 2.45) is 5.92 Å². The number of aromatic nitrogens is 3. The van der Waals surface area contributed by atoms with Gasteiger partial charge in [0.2, 0.25) is 5.91 Å². The van der Waals surface area contributed by atoms with Gasteiger partial charge in [0.05, 0.1) is 12.2 Å². The van der Waals surface area contributed by atoms with Gasteiger partial charge in [-0.05, 0) is 38.0 Å². The molecule has 0 saturated carbocycles. The van der Waals surface area contributed by atoms with Gasteiger partial charge >= 0.3 is 0 Å². The van der Waals surface area contributed by atoms with Gasteiger partial charge < -0.3 is 15.0 Å². The van der Waals surface area contributed by atoms with Crippen LogP contribution in [0.1, 0.15) is 29.0 Å². The summed E-state index contributed by atoms with van der Waals surface area (Å²) >= 11 is 1.40. The van der Waals surface area contributed by atoms with Crippen molar-refractivity contribution in [2.45, 2.75) is 26.3 Å². The fourth-order valence-electron chi connectivity index (χ4n) is 3.62. The Morgan fingerprint density at radius 3 is 2.61 bits per heavy atom. The molecule has 1 N–H and O–H groups in total. The minimum atomic E-state index is -0.295. The van der Waals surface area contributed by atoms with Crippen molar-refractivity contribution in [1.29, 1.82) is 0 Å². The van der Waals surface area contributed by atoms with E-state index in [9.17, 15) is 14.4 Å². The number of hydrogen-bond acceptors (Lipinski definition) is 7. The normalized spacial score (nSPS) is 14.2. The van der Waals surface area contributed by atoms with Crippen molar-refractivity contribution >= 4 is 28.3 Å². The molecule has 1 aliphatic heterocycles. The second-order valence-corrected chi connectivity index (χ2v) is 8.65. The molecular formula is C23H25N5O4S. The first-order valence-corrected chi connectivity index (χ1v) is 11.7. The molecule has 0 aliphatic carbocycles. The molecule has 3 aromatic rings. The predicted molar refractivity (Wildman–Crippen MR) is 125 cm³/mol. The molecule has 33 heavy (non-hydrogen) atoms. The van der Waals surface area contributed by atoms with Crippen molar-refractivity contribution in [3.8, 4) is 5.75 Å². The van der Waals surface area contributed by atoms with E-state index in [1.807, 2.05) is 42.6 Å². The minimum absolute atomic E-state index is 0.0680. The van der Waals surface area contributed by atoms with Gasteiger partial charge in [0.25, 0.3) is 11.5 Å². The second-order valence-electron chi connectivity index (χ2n) is 7.79. The molecule has 2 amide bonds. The third kappa shape index (κ3) is 5.83. The number of thiazole rings is 1. The average molecular weight is 468 g/mol. The maximum absolute atomic E-state index is 12.9. The molecule has 1 aliphatic rings. The summed E-state index contributed by atoms with van der Waals surface area (Å²) in [4.78, 5) is 43.5. The SMILES string of the molecule is Cc1csc(NC(=O)C2CCN(C(=O)c3ccc(=O)n(CCOc4ccccc4)n3)CC2)n1. The van der Waals surface area contributed by atoms with Crippen LogP contribution in [0.4, 0.5) is 5.13 Å². The molecule has 0 radical (unpaired) electrons. The van der Waals surface area contributed by atoms with Crippen LogP contribution in [0.5, 0.6) is 5.75 Å². The number of para-hydroxylation sites is 1. The first-order chi connectivity index (χ1) is 16.0. The smallest absolute Gasteiger partial charge is 0.274 e. The van der Waals surface area contributed by atoms with Crippen molar-refractivity contribution in [3.05, 3.63) is 69.6 Å². The average Bonchev–Trinajstić information content (AvgIpc) is 3.25. The first-order valence-electron chi connectivity index (χ1n) is 10.8. The van der Waals surface area contributed by atoms with Gasteiger partial charge in [-0.25, -0.2) is 9.67 Å². The van der Waals surface area contributed by atoms with Crippen LogP contribution in [0, 0.1) is 12.8 Å². The Morgan fingerprint density at radius 1 is 1.15 bits per heavy atom. The topological polar surface area (TPSA) is 106 Å². The van der Waals surface area contributed by atoms with E-state index in [1.54, 1.807) is 4.90 Å². The van der Waals surface area contributed by atoms with Gasteiger partial charge in [-0.3, -0.25) is 14.4 Å². The third-order valence-electron chi connectivity index (χ3n) is 5.40. The molecule has 2 aromatic heterocycles. The van der Waals surface area contributed by atoms with E-state index < -0.39 is 0 Å². The lowest BCUT2D eigenvalue weighted by Crippen LogP contribution is -2.42. The van der Waals surface area contributed by atoms with Gasteiger partial charge in [-0.15, -0.1) is 11.3 Å². The summed E-state index contributed by atoms with van der Waals surface area (Å²) in [5.41, 5.74) is 0.780. The summed E-state index contributed by atoms with van der Waals surface area (Å²) in [6.07, 6.45) is 1.12. The zero-order chi connectivity index (χ0) is 23.2. The Bertz CT molecular complexity index is 1170. The monoisotopic (exact) mass is 467 g/mol. The largest absolute Gasteiger partial charge is 0.492 e. The number of likely N-dealkylation sites (tertiary alicyclic amines) is 1. The molecule has 0 bridgehead atoms. The van der Waals surface area contributed by atoms with Crippen LogP contribution < -0.4 is 15.6 Å². The zero-order valence-electron chi connectivity index (χ0n) is 18.3. The fourth-order valence-corrected chi connectivity index (χ4v) is 4.31. The Morgan fingerprint density at radius 2 is 1.91 bits per heavy atom. The van der Waals surface area contributed by atoms with Crippen LogP contribution >= 0.6 is 11.3 Å². The van der Waals surface area contributed by atoms with Crippen LogP contribution in [0.25, 0.3) is 0 Å². The Balaban J connectivity index is 1.31. The second kappa shape index (κ2) is 10.4. The minimum Gasteiger partial charge on any atom is -0.492 e. The highest BCUT2D eigenvalue weighted by atomic mass is 32.1. The van der Waals surface area contributed by atoms with E-state index in [0.29, 0.717) is 36.8 Å². The molecule has 0 spiro atoms. The molecule has 4 rings (SSSR count). The molecule has 1 fully saturated rings. The summed E-state index contributed by atoms with van der Waals surface area (Å²) in [5.74, 6) is 0.216. The molecule has 1 saturated heterocycles. The number of nitrogens with one attached hydrogen (secondary N) is 1. The van der Waals surface area contributed by atoms with E-state index in [1.165, 1.54) is 28.2 Å². The predicted octanol–water partition coefficient (Wildman–Crippen LogP) is 2.58. The zero-order valence-corrected chi connectivity index (χ0v) is 19.1. The van der Waals surface area contributed by atoms with Gasteiger partial charge in [0.1, 0.15) is 18.1 Å². The Labute approximate surface area is 195 Å². The number of anilines is 1. The van der Waals surface area contributed by atoms with Crippen LogP contribution in [-0.2, 0) is 11.3 Å². The summed E-state index contributed by atoms with van der Waals surface area (Å²) in [6, 6.07) is 12.1. The van der Waals surface area contributed by atoms with E-state index in [-0.39, 0.29) is 42.1 Å². The number of carbonyl (C=O) groups excluding carboxylic acids is 2. The highest BCUT2D eigenvalue weighted by Gasteiger charge is 2.29. The lowest BCUT2D eigenvalue weighted by atomic mass is 9.96. The number of hydrogen-bond donors (Lipinski definition) is 1. The summed E-state index contributed by atoms with van der Waals surface area (Å²) in [5, 5.41) is 9.58. The number of benzene rings is 1. The fraction of sp³-hybridized carbons (Fsp3) is 0.348. The van der Waals surface area contributed by atoms with Crippen molar-refractivity contribution in [3.63, 3.8) is 0 Å². The molecule has 10 heteroatoms. The van der Waals surface area contributed by atoms with E-state index in [2.05, 4.69) is 15.4 Å².